The molecule has 0 atom stereocenters. The maximum atomic E-state index is 11.2. The van der Waals surface area contributed by atoms with Gasteiger partial charge in [0.1, 0.15) is 17.5 Å². The molecule has 1 aromatic carbocycles. The lowest BCUT2D eigenvalue weighted by Gasteiger charge is -2.05. The summed E-state index contributed by atoms with van der Waals surface area (Å²) in [4.78, 5) is 11.2. The molecule has 0 aliphatic rings. The van der Waals surface area contributed by atoms with Crippen molar-refractivity contribution in [2.24, 2.45) is 0 Å². The zero-order valence-corrected chi connectivity index (χ0v) is 9.99. The molecule has 0 bridgehead atoms. The third-order valence-electron chi connectivity index (χ3n) is 2.55. The molecule has 0 unspecified atom stereocenters. The van der Waals surface area contributed by atoms with Crippen molar-refractivity contribution in [2.75, 3.05) is 12.8 Å². The molecule has 0 spiro atoms. The van der Waals surface area contributed by atoms with Crippen molar-refractivity contribution in [2.45, 2.75) is 0 Å². The molecule has 1 aromatic heterocycles. The Morgan fingerprint density at radius 2 is 2.11 bits per heavy atom. The predicted octanol–water partition coefficient (Wildman–Crippen LogP) is 1.03. The summed E-state index contributed by atoms with van der Waals surface area (Å²) in [5.41, 5.74) is 5.58. The van der Waals surface area contributed by atoms with E-state index in [1.807, 2.05) is 0 Å². The van der Waals surface area contributed by atoms with Gasteiger partial charge < -0.3 is 15.6 Å². The van der Waals surface area contributed by atoms with E-state index in [1.54, 1.807) is 30.3 Å². The molecule has 1 heterocycles. The molecular formula is C12H10N4O3. The van der Waals surface area contributed by atoms with E-state index in [-0.39, 0.29) is 17.1 Å². The molecule has 0 saturated heterocycles. The van der Waals surface area contributed by atoms with Crippen molar-refractivity contribution in [3.63, 3.8) is 0 Å². The molecule has 0 radical (unpaired) electrons. The Balaban J connectivity index is 2.61. The summed E-state index contributed by atoms with van der Waals surface area (Å²) in [7, 11) is 1.53. The highest BCUT2D eigenvalue weighted by Crippen LogP contribution is 2.22. The van der Waals surface area contributed by atoms with E-state index >= 15 is 0 Å². The molecule has 0 saturated carbocycles. The third kappa shape index (κ3) is 2.07. The van der Waals surface area contributed by atoms with Gasteiger partial charge in [0.25, 0.3) is 0 Å². The first kappa shape index (κ1) is 12.4. The predicted molar refractivity (Wildman–Crippen MR) is 66.2 cm³/mol. The quantitative estimate of drug-likeness (QED) is 0.849. The van der Waals surface area contributed by atoms with Gasteiger partial charge in [0.05, 0.1) is 12.8 Å². The van der Waals surface area contributed by atoms with Crippen LogP contribution in [-0.2, 0) is 0 Å². The Morgan fingerprint density at radius 1 is 1.47 bits per heavy atom. The lowest BCUT2D eigenvalue weighted by molar-refractivity contribution is 0.0688. The lowest BCUT2D eigenvalue weighted by Crippen LogP contribution is -2.09. The van der Waals surface area contributed by atoms with Gasteiger partial charge in [-0.1, -0.05) is 0 Å². The largest absolute Gasteiger partial charge is 0.497 e. The summed E-state index contributed by atoms with van der Waals surface area (Å²) in [6.45, 7) is 0. The van der Waals surface area contributed by atoms with E-state index in [0.29, 0.717) is 11.4 Å². The molecule has 19 heavy (non-hydrogen) atoms. The summed E-state index contributed by atoms with van der Waals surface area (Å²) in [6.07, 6.45) is 0. The fourth-order valence-corrected chi connectivity index (χ4v) is 1.63. The highest BCUT2D eigenvalue weighted by molar-refractivity contribution is 5.93. The second-order valence-corrected chi connectivity index (χ2v) is 3.64. The smallest absolute Gasteiger partial charge is 0.356 e. The van der Waals surface area contributed by atoms with Crippen LogP contribution in [0.15, 0.2) is 24.3 Å². The van der Waals surface area contributed by atoms with Gasteiger partial charge in [-0.3, -0.25) is 0 Å². The third-order valence-corrected chi connectivity index (χ3v) is 2.55. The Morgan fingerprint density at radius 3 is 2.58 bits per heavy atom. The van der Waals surface area contributed by atoms with Crippen LogP contribution in [0.1, 0.15) is 16.2 Å². The maximum Gasteiger partial charge on any atom is 0.356 e. The van der Waals surface area contributed by atoms with Crippen LogP contribution in [0.5, 0.6) is 5.75 Å². The van der Waals surface area contributed by atoms with Gasteiger partial charge in [0, 0.05) is 0 Å². The Kier molecular flexibility index (Phi) is 3.08. The number of carboxylic acid groups (broad SMARTS) is 1. The van der Waals surface area contributed by atoms with Crippen molar-refractivity contribution in [3.8, 4) is 17.5 Å². The number of benzene rings is 1. The minimum Gasteiger partial charge on any atom is -0.497 e. The van der Waals surface area contributed by atoms with Crippen LogP contribution in [0, 0.1) is 11.3 Å². The zero-order chi connectivity index (χ0) is 14.0. The average molecular weight is 258 g/mol. The van der Waals surface area contributed by atoms with Crippen LogP contribution >= 0.6 is 0 Å². The first-order valence-electron chi connectivity index (χ1n) is 5.24. The number of hydrogen-bond donors (Lipinski definition) is 2. The highest BCUT2D eigenvalue weighted by atomic mass is 16.5. The Hall–Kier alpha value is -3.01. The summed E-state index contributed by atoms with van der Waals surface area (Å²) in [5.74, 6) is -0.622. The number of nitriles is 1. The van der Waals surface area contributed by atoms with Crippen molar-refractivity contribution in [1.82, 2.24) is 9.78 Å². The SMILES string of the molecule is COc1ccc(-n2nc(C#N)c(N)c2C(=O)O)cc1. The second-order valence-electron chi connectivity index (χ2n) is 3.64. The first-order valence-corrected chi connectivity index (χ1v) is 5.24. The van der Waals surface area contributed by atoms with Crippen molar-refractivity contribution in [1.29, 1.82) is 5.26 Å². The molecule has 2 aromatic rings. The van der Waals surface area contributed by atoms with Crippen molar-refractivity contribution in [3.05, 3.63) is 35.7 Å². The molecule has 0 amide bonds. The van der Waals surface area contributed by atoms with Gasteiger partial charge in [-0.05, 0) is 24.3 Å². The van der Waals surface area contributed by atoms with Crippen LogP contribution in [0.3, 0.4) is 0 Å². The van der Waals surface area contributed by atoms with Crippen LogP contribution in [0.25, 0.3) is 5.69 Å². The van der Waals surface area contributed by atoms with Gasteiger partial charge >= 0.3 is 5.97 Å². The number of nitrogens with two attached hydrogens (primary N) is 1. The van der Waals surface area contributed by atoms with Crippen molar-refractivity contribution >= 4 is 11.7 Å². The van der Waals surface area contributed by atoms with Gasteiger partial charge in [0.2, 0.25) is 0 Å². The summed E-state index contributed by atoms with van der Waals surface area (Å²) >= 11 is 0. The average Bonchev–Trinajstić information content (AvgIpc) is 2.76. The molecule has 0 aliphatic carbocycles. The fourth-order valence-electron chi connectivity index (χ4n) is 1.63. The number of anilines is 1. The van der Waals surface area contributed by atoms with Gasteiger partial charge in [-0.25, -0.2) is 9.48 Å². The van der Waals surface area contributed by atoms with Gasteiger partial charge in [0.15, 0.2) is 11.4 Å². The van der Waals surface area contributed by atoms with E-state index in [1.165, 1.54) is 7.11 Å². The molecule has 0 aliphatic heterocycles. The molecule has 3 N–H and O–H groups in total. The Labute approximate surface area is 108 Å². The van der Waals surface area contributed by atoms with Gasteiger partial charge in [-0.2, -0.15) is 10.4 Å². The number of hydrogen-bond acceptors (Lipinski definition) is 5. The van der Waals surface area contributed by atoms with Gasteiger partial charge in [-0.15, -0.1) is 0 Å². The van der Waals surface area contributed by atoms with Crippen LogP contribution in [0.2, 0.25) is 0 Å². The van der Waals surface area contributed by atoms with E-state index < -0.39 is 5.97 Å². The van der Waals surface area contributed by atoms with Crippen molar-refractivity contribution < 1.29 is 14.6 Å². The van der Waals surface area contributed by atoms with E-state index in [4.69, 9.17) is 20.8 Å². The zero-order valence-electron chi connectivity index (χ0n) is 9.99. The number of aromatic nitrogens is 2. The molecular weight excluding hydrogens is 248 g/mol. The molecule has 7 heteroatoms. The Bertz CT molecular complexity index is 668. The molecule has 96 valence electrons. The summed E-state index contributed by atoms with van der Waals surface area (Å²) in [5, 5.41) is 21.9. The number of nitrogens with zero attached hydrogens (tertiary/aromatic N) is 3. The molecule has 2 rings (SSSR count). The fraction of sp³-hybridized carbons (Fsp3) is 0.0833. The van der Waals surface area contributed by atoms with Crippen LogP contribution < -0.4 is 10.5 Å². The normalized spacial score (nSPS) is 9.89. The monoisotopic (exact) mass is 258 g/mol. The first-order chi connectivity index (χ1) is 9.08. The number of carbonyl (C=O) groups is 1. The number of rotatable bonds is 3. The minimum atomic E-state index is -1.25. The lowest BCUT2D eigenvalue weighted by atomic mass is 10.2. The number of methoxy groups -OCH3 is 1. The maximum absolute atomic E-state index is 11.2. The standard InChI is InChI=1S/C12H10N4O3/c1-19-8-4-2-7(3-5-8)16-11(12(17)18)10(14)9(6-13)15-16/h2-5H,14H2,1H3,(H,17,18). The molecule has 7 nitrogen and oxygen atoms in total. The van der Waals surface area contributed by atoms with Crippen LogP contribution in [0.4, 0.5) is 5.69 Å². The van der Waals surface area contributed by atoms with E-state index in [2.05, 4.69) is 5.10 Å². The number of nitrogen functional groups attached to an aromatic ring is 1. The number of aromatic carboxylic acids is 1. The summed E-state index contributed by atoms with van der Waals surface area (Å²) < 4.78 is 6.13. The minimum absolute atomic E-state index is 0.117. The number of ether oxygens (including phenoxy) is 1. The topological polar surface area (TPSA) is 114 Å². The highest BCUT2D eigenvalue weighted by Gasteiger charge is 2.22. The van der Waals surface area contributed by atoms with E-state index in [0.717, 1.165) is 4.68 Å². The van der Waals surface area contributed by atoms with Crippen LogP contribution in [-0.4, -0.2) is 28.0 Å². The number of carboxylic acids is 1. The summed E-state index contributed by atoms with van der Waals surface area (Å²) in [6, 6.07) is 8.32. The second kappa shape index (κ2) is 4.70. The molecule has 0 fully saturated rings. The van der Waals surface area contributed by atoms with E-state index in [9.17, 15) is 4.79 Å².